The average molecular weight is 504 g/mol. The van der Waals surface area contributed by atoms with Crippen molar-refractivity contribution in [3.8, 4) is 11.3 Å². The number of carbonyl (C=O) groups excluding carboxylic acids is 1. The first kappa shape index (κ1) is 22.1. The molecule has 1 aromatic carbocycles. The molecule has 0 unspecified atom stereocenters. The molecule has 188 valence electrons. The van der Waals surface area contributed by atoms with Crippen molar-refractivity contribution >= 4 is 17.2 Å². The third-order valence-electron chi connectivity index (χ3n) is 7.77. The number of carbonyl (C=O) groups is 1. The Balaban J connectivity index is 1.26. The molecule has 37 heavy (non-hydrogen) atoms. The Morgan fingerprint density at radius 2 is 1.97 bits per heavy atom. The van der Waals surface area contributed by atoms with Crippen LogP contribution in [0.15, 0.2) is 52.4 Å². The van der Waals surface area contributed by atoms with Gasteiger partial charge in [0.1, 0.15) is 0 Å². The third-order valence-corrected chi connectivity index (χ3v) is 7.77. The number of nitrogens with one attached hydrogen (secondary N) is 2. The first-order valence-electron chi connectivity index (χ1n) is 12.2. The van der Waals surface area contributed by atoms with Crippen molar-refractivity contribution < 1.29 is 13.6 Å². The molecule has 3 aliphatic rings. The molecule has 9 nitrogen and oxygen atoms in total. The summed E-state index contributed by atoms with van der Waals surface area (Å²) in [4.78, 5) is 47.3. The van der Waals surface area contributed by atoms with Crippen LogP contribution in [0.25, 0.3) is 16.9 Å². The van der Waals surface area contributed by atoms with Crippen LogP contribution in [0.2, 0.25) is 0 Å². The van der Waals surface area contributed by atoms with Gasteiger partial charge in [-0.05, 0) is 54.4 Å². The summed E-state index contributed by atoms with van der Waals surface area (Å²) in [6, 6.07) is 7.65. The number of anilines is 1. The summed E-state index contributed by atoms with van der Waals surface area (Å²) in [7, 11) is 0. The molecular formula is C26H22F2N6O3. The summed E-state index contributed by atoms with van der Waals surface area (Å²) in [5.41, 5.74) is 2.84. The summed E-state index contributed by atoms with van der Waals surface area (Å²) in [6.07, 6.45) is 6.84. The van der Waals surface area contributed by atoms with E-state index in [4.69, 9.17) is 0 Å². The van der Waals surface area contributed by atoms with Gasteiger partial charge in [0.25, 0.3) is 11.5 Å². The second-order valence-electron chi connectivity index (χ2n) is 10.4. The van der Waals surface area contributed by atoms with E-state index >= 15 is 0 Å². The zero-order valence-electron chi connectivity index (χ0n) is 19.8. The van der Waals surface area contributed by atoms with Crippen molar-refractivity contribution in [1.82, 2.24) is 24.6 Å². The largest absolute Gasteiger partial charge is 0.325 e. The van der Waals surface area contributed by atoms with Gasteiger partial charge >= 0.3 is 5.69 Å². The number of fused-ring (bicyclic) bond motifs is 3. The molecule has 1 spiro atoms. The van der Waals surface area contributed by atoms with Gasteiger partial charge in [-0.3, -0.25) is 14.6 Å². The summed E-state index contributed by atoms with van der Waals surface area (Å²) in [5.74, 6) is -3.05. The highest BCUT2D eigenvalue weighted by Gasteiger charge is 2.60. The smallest absolute Gasteiger partial charge is 0.313 e. The van der Waals surface area contributed by atoms with Crippen LogP contribution in [0.5, 0.6) is 0 Å². The van der Waals surface area contributed by atoms with Crippen LogP contribution in [0, 0.1) is 0 Å². The lowest BCUT2D eigenvalue weighted by Gasteiger charge is -2.22. The Hall–Kier alpha value is -4.15. The predicted octanol–water partition coefficient (Wildman–Crippen LogP) is 3.08. The average Bonchev–Trinajstić information content (AvgIpc) is 3.75. The van der Waals surface area contributed by atoms with Crippen molar-refractivity contribution in [3.63, 3.8) is 0 Å². The second kappa shape index (κ2) is 7.21. The molecule has 7 rings (SSSR count). The molecule has 0 bridgehead atoms. The number of halogens is 2. The first-order chi connectivity index (χ1) is 17.6. The SMILES string of the molecule is CC(F)(F)CN1C(=O)C2(CC2)c2ccc([C@H]3C[C@@H]3c3cc(-c4c[nH]c(=O)[nH]c4=O)nn4ccnc34)cc21. The topological polar surface area (TPSA) is 116 Å². The van der Waals surface area contributed by atoms with Crippen LogP contribution in [0.3, 0.4) is 0 Å². The number of H-pyrrole nitrogens is 2. The molecular weight excluding hydrogens is 482 g/mol. The Bertz CT molecular complexity index is 1730. The predicted molar refractivity (Wildman–Crippen MR) is 130 cm³/mol. The number of alkyl halides is 2. The number of hydrogen-bond acceptors (Lipinski definition) is 5. The maximum absolute atomic E-state index is 14.0. The molecule has 0 radical (unpaired) electrons. The molecule has 1 aliphatic heterocycles. The van der Waals surface area contributed by atoms with Crippen LogP contribution in [-0.2, 0) is 10.2 Å². The summed E-state index contributed by atoms with van der Waals surface area (Å²) < 4.78 is 29.5. The van der Waals surface area contributed by atoms with Crippen LogP contribution in [-0.4, -0.2) is 42.9 Å². The van der Waals surface area contributed by atoms with Gasteiger partial charge in [0.15, 0.2) is 5.65 Å². The van der Waals surface area contributed by atoms with E-state index in [2.05, 4.69) is 20.1 Å². The Morgan fingerprint density at radius 1 is 1.16 bits per heavy atom. The minimum absolute atomic E-state index is 0.0691. The molecule has 11 heteroatoms. The summed E-state index contributed by atoms with van der Waals surface area (Å²) in [6.45, 7) is 0.205. The van der Waals surface area contributed by atoms with Crippen molar-refractivity contribution in [3.05, 3.63) is 80.4 Å². The minimum atomic E-state index is -3.00. The number of aromatic amines is 2. The van der Waals surface area contributed by atoms with E-state index in [0.717, 1.165) is 30.0 Å². The van der Waals surface area contributed by atoms with E-state index in [1.54, 1.807) is 16.9 Å². The van der Waals surface area contributed by atoms with Gasteiger partial charge in [-0.1, -0.05) is 12.1 Å². The van der Waals surface area contributed by atoms with E-state index in [-0.39, 0.29) is 23.3 Å². The lowest BCUT2D eigenvalue weighted by molar-refractivity contribution is -0.121. The van der Waals surface area contributed by atoms with E-state index in [1.165, 1.54) is 11.1 Å². The monoisotopic (exact) mass is 504 g/mol. The molecule has 2 atom stereocenters. The fraction of sp³-hybridized carbons (Fsp3) is 0.346. The number of aromatic nitrogens is 5. The van der Waals surface area contributed by atoms with Gasteiger partial charge in [0.05, 0.1) is 23.2 Å². The number of nitrogens with zero attached hydrogens (tertiary/aromatic N) is 4. The van der Waals surface area contributed by atoms with Crippen LogP contribution < -0.4 is 16.1 Å². The molecule has 2 fully saturated rings. The summed E-state index contributed by atoms with van der Waals surface area (Å²) >= 11 is 0. The molecule has 0 saturated heterocycles. The van der Waals surface area contributed by atoms with E-state index in [0.29, 0.717) is 29.9 Å². The number of rotatable bonds is 5. The normalized spacial score (nSPS) is 21.6. The van der Waals surface area contributed by atoms with Crippen LogP contribution >= 0.6 is 0 Å². The molecule has 2 N–H and O–H groups in total. The molecule has 4 heterocycles. The van der Waals surface area contributed by atoms with Gasteiger partial charge in [-0.25, -0.2) is 23.1 Å². The summed E-state index contributed by atoms with van der Waals surface area (Å²) in [5, 5.41) is 4.48. The molecule has 4 aromatic rings. The van der Waals surface area contributed by atoms with Gasteiger partial charge in [0, 0.05) is 36.8 Å². The van der Waals surface area contributed by atoms with Gasteiger partial charge < -0.3 is 9.88 Å². The fourth-order valence-electron chi connectivity index (χ4n) is 5.79. The fourth-order valence-corrected chi connectivity index (χ4v) is 5.79. The molecule has 2 aliphatic carbocycles. The highest BCUT2D eigenvalue weighted by Crippen LogP contribution is 2.60. The number of amides is 1. The first-order valence-corrected chi connectivity index (χ1v) is 12.2. The molecule has 1 amide bonds. The van der Waals surface area contributed by atoms with E-state index in [9.17, 15) is 23.2 Å². The number of imidazole rings is 1. The maximum Gasteiger partial charge on any atom is 0.325 e. The molecule has 2 saturated carbocycles. The van der Waals surface area contributed by atoms with Gasteiger partial charge in [0.2, 0.25) is 5.91 Å². The highest BCUT2D eigenvalue weighted by atomic mass is 19.3. The Morgan fingerprint density at radius 3 is 2.70 bits per heavy atom. The lowest BCUT2D eigenvalue weighted by Crippen LogP contribution is -2.39. The maximum atomic E-state index is 14.0. The van der Waals surface area contributed by atoms with Crippen molar-refractivity contribution in [1.29, 1.82) is 0 Å². The van der Waals surface area contributed by atoms with Crippen molar-refractivity contribution in [2.24, 2.45) is 0 Å². The Labute approximate surface area is 208 Å². The van der Waals surface area contributed by atoms with Crippen LogP contribution in [0.1, 0.15) is 54.7 Å². The standard InChI is InChI=1S/C26H22F2N6O3/c1-25(27,28)12-33-20-8-13(2-3-18(20)26(4-5-26)23(33)36)14-9-15(14)16-10-19(32-34-7-6-29-21(16)34)17-11-30-24(37)31-22(17)35/h2-3,6-8,10-11,14-15H,4-5,9,12H2,1H3,(H2,30,31,35,37)/t14-,15+/m1/s1. The quantitative estimate of drug-likeness (QED) is 0.433. The van der Waals surface area contributed by atoms with Crippen LogP contribution in [0.4, 0.5) is 14.5 Å². The number of benzene rings is 1. The van der Waals surface area contributed by atoms with E-state index < -0.39 is 29.1 Å². The minimum Gasteiger partial charge on any atom is -0.313 e. The third kappa shape index (κ3) is 3.36. The molecule has 3 aromatic heterocycles. The van der Waals surface area contributed by atoms with Crippen molar-refractivity contribution in [2.45, 2.75) is 49.4 Å². The zero-order chi connectivity index (χ0) is 25.7. The van der Waals surface area contributed by atoms with Crippen molar-refractivity contribution in [2.75, 3.05) is 11.4 Å². The highest BCUT2D eigenvalue weighted by molar-refractivity contribution is 6.10. The Kier molecular flexibility index (Phi) is 4.30. The number of hydrogen-bond donors (Lipinski definition) is 2. The second-order valence-corrected chi connectivity index (χ2v) is 10.4. The van der Waals surface area contributed by atoms with E-state index in [1.807, 2.05) is 24.3 Å². The zero-order valence-corrected chi connectivity index (χ0v) is 19.8. The van der Waals surface area contributed by atoms with Gasteiger partial charge in [-0.2, -0.15) is 5.10 Å². The van der Waals surface area contributed by atoms with Gasteiger partial charge in [-0.15, -0.1) is 0 Å². The lowest BCUT2D eigenvalue weighted by atomic mass is 9.95.